The fourth-order valence-electron chi connectivity index (χ4n) is 2.95. The van der Waals surface area contributed by atoms with E-state index in [1.807, 2.05) is 18.2 Å². The molecule has 1 aliphatic rings. The average molecular weight is 313 g/mol. The first-order valence-corrected chi connectivity index (χ1v) is 8.13. The Hall–Kier alpha value is -1.77. The molecule has 1 nitrogen and oxygen atoms in total. The van der Waals surface area contributed by atoms with Crippen molar-refractivity contribution in [1.82, 2.24) is 0 Å². The molecule has 0 amide bonds. The highest BCUT2D eigenvalue weighted by Crippen LogP contribution is 2.42. The van der Waals surface area contributed by atoms with Crippen LogP contribution in [0.4, 0.5) is 0 Å². The molecular formula is C18H13ClOS. The summed E-state index contributed by atoms with van der Waals surface area (Å²) in [5.74, 6) is 0.285. The number of thiophene rings is 1. The van der Waals surface area contributed by atoms with E-state index < -0.39 is 0 Å². The molecule has 1 N–H and O–H groups in total. The van der Waals surface area contributed by atoms with E-state index >= 15 is 0 Å². The number of allylic oxidation sites excluding steroid dienone is 1. The maximum absolute atomic E-state index is 9.49. The van der Waals surface area contributed by atoms with Crippen LogP contribution in [0.3, 0.4) is 0 Å². The lowest BCUT2D eigenvalue weighted by Gasteiger charge is -2.10. The van der Waals surface area contributed by atoms with Crippen molar-refractivity contribution >= 4 is 39.1 Å². The summed E-state index contributed by atoms with van der Waals surface area (Å²) in [6, 6.07) is 11.4. The van der Waals surface area contributed by atoms with E-state index in [1.165, 1.54) is 20.5 Å². The second-order valence-corrected chi connectivity index (χ2v) is 6.78. The molecule has 0 spiro atoms. The van der Waals surface area contributed by atoms with Crippen LogP contribution in [0.2, 0.25) is 5.02 Å². The second kappa shape index (κ2) is 4.90. The molecule has 1 aromatic heterocycles. The van der Waals surface area contributed by atoms with Gasteiger partial charge in [-0.25, -0.2) is 0 Å². The van der Waals surface area contributed by atoms with Gasteiger partial charge in [-0.15, -0.1) is 11.3 Å². The Balaban J connectivity index is 2.05. The average Bonchev–Trinajstić information content (AvgIpc) is 2.85. The van der Waals surface area contributed by atoms with Crippen LogP contribution in [0.1, 0.15) is 16.9 Å². The van der Waals surface area contributed by atoms with Gasteiger partial charge in [0.25, 0.3) is 0 Å². The van der Waals surface area contributed by atoms with Crippen molar-refractivity contribution in [3.63, 3.8) is 0 Å². The third-order valence-electron chi connectivity index (χ3n) is 3.89. The summed E-state index contributed by atoms with van der Waals surface area (Å²) in [5.41, 5.74) is 3.68. The molecule has 0 saturated heterocycles. The molecule has 3 heteroatoms. The summed E-state index contributed by atoms with van der Waals surface area (Å²) < 4.78 is 1.24. The summed E-state index contributed by atoms with van der Waals surface area (Å²) in [5, 5.41) is 11.6. The maximum atomic E-state index is 9.49. The number of halogens is 1. The van der Waals surface area contributed by atoms with E-state index in [9.17, 15) is 5.11 Å². The summed E-state index contributed by atoms with van der Waals surface area (Å²) in [4.78, 5) is 1.35. The van der Waals surface area contributed by atoms with Crippen molar-refractivity contribution in [3.05, 3.63) is 57.9 Å². The SMILES string of the molecule is Oc1ccc(-c2cc(Cl)cc3sc4c(c23)CCC=C4)cc1. The summed E-state index contributed by atoms with van der Waals surface area (Å²) in [6.45, 7) is 0. The zero-order valence-corrected chi connectivity index (χ0v) is 12.8. The molecule has 104 valence electrons. The highest BCUT2D eigenvalue weighted by atomic mass is 35.5. The van der Waals surface area contributed by atoms with E-state index in [0.717, 1.165) is 29.0 Å². The minimum Gasteiger partial charge on any atom is -0.508 e. The van der Waals surface area contributed by atoms with E-state index in [2.05, 4.69) is 18.2 Å². The minimum atomic E-state index is 0.285. The van der Waals surface area contributed by atoms with Crippen molar-refractivity contribution in [3.8, 4) is 16.9 Å². The Morgan fingerprint density at radius 2 is 1.90 bits per heavy atom. The molecule has 0 aliphatic heterocycles. The monoisotopic (exact) mass is 312 g/mol. The first-order chi connectivity index (χ1) is 10.2. The van der Waals surface area contributed by atoms with Gasteiger partial charge >= 0.3 is 0 Å². The molecule has 0 fully saturated rings. The van der Waals surface area contributed by atoms with E-state index in [1.54, 1.807) is 23.5 Å². The first kappa shape index (κ1) is 12.9. The number of aromatic hydroxyl groups is 1. The minimum absolute atomic E-state index is 0.285. The van der Waals surface area contributed by atoms with Crippen LogP contribution in [-0.2, 0) is 6.42 Å². The van der Waals surface area contributed by atoms with Gasteiger partial charge in [0.2, 0.25) is 0 Å². The zero-order chi connectivity index (χ0) is 14.4. The number of rotatable bonds is 1. The van der Waals surface area contributed by atoms with Crippen molar-refractivity contribution in [1.29, 1.82) is 0 Å². The quantitative estimate of drug-likeness (QED) is 0.594. The third kappa shape index (κ3) is 2.15. The highest BCUT2D eigenvalue weighted by Gasteiger charge is 2.17. The van der Waals surface area contributed by atoms with Crippen LogP contribution in [0.15, 0.2) is 42.5 Å². The van der Waals surface area contributed by atoms with Crippen molar-refractivity contribution in [2.24, 2.45) is 0 Å². The van der Waals surface area contributed by atoms with Gasteiger partial charge in [-0.3, -0.25) is 0 Å². The normalized spacial score (nSPS) is 13.6. The molecule has 3 aromatic rings. The van der Waals surface area contributed by atoms with Crippen LogP contribution < -0.4 is 0 Å². The Morgan fingerprint density at radius 1 is 1.10 bits per heavy atom. The number of fused-ring (bicyclic) bond motifs is 3. The van der Waals surface area contributed by atoms with Gasteiger partial charge in [-0.1, -0.05) is 29.8 Å². The number of hydrogen-bond donors (Lipinski definition) is 1. The van der Waals surface area contributed by atoms with Gasteiger partial charge in [0.1, 0.15) is 5.75 Å². The lowest BCUT2D eigenvalue weighted by Crippen LogP contribution is -1.90. The lowest BCUT2D eigenvalue weighted by atomic mass is 9.94. The summed E-state index contributed by atoms with van der Waals surface area (Å²) >= 11 is 8.11. The van der Waals surface area contributed by atoms with Gasteiger partial charge in [-0.2, -0.15) is 0 Å². The van der Waals surface area contributed by atoms with E-state index in [0.29, 0.717) is 0 Å². The summed E-state index contributed by atoms with van der Waals surface area (Å²) in [6.07, 6.45) is 6.63. The molecule has 0 unspecified atom stereocenters. The molecule has 0 radical (unpaired) electrons. The Morgan fingerprint density at radius 3 is 2.71 bits per heavy atom. The lowest BCUT2D eigenvalue weighted by molar-refractivity contribution is 0.475. The number of phenols is 1. The maximum Gasteiger partial charge on any atom is 0.115 e. The number of phenolic OH excluding ortho intramolecular Hbond substituents is 1. The van der Waals surface area contributed by atoms with Crippen molar-refractivity contribution in [2.75, 3.05) is 0 Å². The van der Waals surface area contributed by atoms with Crippen LogP contribution in [0.5, 0.6) is 5.75 Å². The van der Waals surface area contributed by atoms with Crippen molar-refractivity contribution < 1.29 is 5.11 Å². The summed E-state index contributed by atoms with van der Waals surface area (Å²) in [7, 11) is 0. The Bertz CT molecular complexity index is 859. The Kier molecular flexibility index (Phi) is 3.02. The van der Waals surface area contributed by atoms with E-state index in [4.69, 9.17) is 11.6 Å². The number of benzene rings is 2. The number of aryl methyl sites for hydroxylation is 1. The van der Waals surface area contributed by atoms with Gasteiger partial charge in [0.05, 0.1) is 0 Å². The van der Waals surface area contributed by atoms with Gasteiger partial charge in [-0.05, 0) is 59.9 Å². The highest BCUT2D eigenvalue weighted by molar-refractivity contribution is 7.20. The first-order valence-electron chi connectivity index (χ1n) is 6.93. The molecule has 21 heavy (non-hydrogen) atoms. The third-order valence-corrected chi connectivity index (χ3v) is 5.26. The van der Waals surface area contributed by atoms with Gasteiger partial charge in [0.15, 0.2) is 0 Å². The molecule has 2 aromatic carbocycles. The second-order valence-electron chi connectivity index (χ2n) is 5.26. The fourth-order valence-corrected chi connectivity index (χ4v) is 4.48. The predicted molar refractivity (Wildman–Crippen MR) is 91.3 cm³/mol. The number of hydrogen-bond acceptors (Lipinski definition) is 2. The van der Waals surface area contributed by atoms with Gasteiger partial charge < -0.3 is 5.11 Å². The topological polar surface area (TPSA) is 20.2 Å². The smallest absolute Gasteiger partial charge is 0.115 e. The molecule has 0 bridgehead atoms. The molecular weight excluding hydrogens is 300 g/mol. The standard InChI is InChI=1S/C18H13ClOS/c19-12-9-15(11-5-7-13(20)8-6-11)18-14-3-1-2-4-16(14)21-17(18)10-12/h2,4-10,20H,1,3H2. The van der Waals surface area contributed by atoms with Crippen LogP contribution in [-0.4, -0.2) is 5.11 Å². The van der Waals surface area contributed by atoms with Crippen LogP contribution in [0.25, 0.3) is 27.3 Å². The molecule has 0 atom stereocenters. The van der Waals surface area contributed by atoms with Crippen LogP contribution in [0, 0.1) is 0 Å². The zero-order valence-electron chi connectivity index (χ0n) is 11.3. The molecule has 1 aliphatic carbocycles. The molecule has 0 saturated carbocycles. The predicted octanol–water partition coefficient (Wildman–Crippen LogP) is 5.89. The van der Waals surface area contributed by atoms with Crippen LogP contribution >= 0.6 is 22.9 Å². The van der Waals surface area contributed by atoms with Gasteiger partial charge in [0, 0.05) is 20.0 Å². The Labute approximate surface area is 132 Å². The van der Waals surface area contributed by atoms with Crippen molar-refractivity contribution in [2.45, 2.75) is 12.8 Å². The molecule has 4 rings (SSSR count). The largest absolute Gasteiger partial charge is 0.508 e. The van der Waals surface area contributed by atoms with E-state index in [-0.39, 0.29) is 5.75 Å². The molecule has 1 heterocycles. The fraction of sp³-hybridized carbons (Fsp3) is 0.111.